The average Bonchev–Trinajstić information content (AvgIpc) is 3.17. The summed E-state index contributed by atoms with van der Waals surface area (Å²) in [6.07, 6.45) is -2.18. The van der Waals surface area contributed by atoms with Crippen molar-refractivity contribution in [3.8, 4) is 0 Å². The summed E-state index contributed by atoms with van der Waals surface area (Å²) < 4.78 is 42.0. The van der Waals surface area contributed by atoms with Crippen LogP contribution in [0.2, 0.25) is 5.02 Å². The Kier molecular flexibility index (Phi) is 5.02. The minimum Gasteiger partial charge on any atom is -0.360 e. The second-order valence-electron chi connectivity index (χ2n) is 6.70. The molecule has 0 saturated carbocycles. The van der Waals surface area contributed by atoms with Gasteiger partial charge in [-0.25, -0.2) is 14.9 Å². The van der Waals surface area contributed by atoms with E-state index in [2.05, 4.69) is 20.0 Å². The van der Waals surface area contributed by atoms with Gasteiger partial charge >= 0.3 is 6.18 Å². The van der Waals surface area contributed by atoms with Gasteiger partial charge in [0, 0.05) is 18.7 Å². The van der Waals surface area contributed by atoms with Crippen molar-refractivity contribution in [2.24, 2.45) is 0 Å². The fourth-order valence-corrected chi connectivity index (χ4v) is 3.62. The summed E-state index contributed by atoms with van der Waals surface area (Å²) in [5.41, 5.74) is -2.08. The predicted octanol–water partition coefficient (Wildman–Crippen LogP) is 3.44. The van der Waals surface area contributed by atoms with Crippen molar-refractivity contribution < 1.29 is 18.0 Å². The highest BCUT2D eigenvalue weighted by atomic mass is 35.5. The zero-order valence-electron chi connectivity index (χ0n) is 15.6. The number of imidazole rings is 1. The van der Waals surface area contributed by atoms with E-state index in [0.717, 1.165) is 6.07 Å². The van der Waals surface area contributed by atoms with Gasteiger partial charge in [-0.1, -0.05) is 23.7 Å². The molecule has 0 amide bonds. The van der Waals surface area contributed by atoms with Crippen LogP contribution in [-0.2, 0) is 19.3 Å². The van der Waals surface area contributed by atoms with E-state index in [0.29, 0.717) is 24.1 Å². The number of H-pyrrole nitrogens is 1. The van der Waals surface area contributed by atoms with Crippen LogP contribution in [0.1, 0.15) is 27.4 Å². The van der Waals surface area contributed by atoms with Gasteiger partial charge < -0.3 is 9.47 Å². The SMILES string of the molecule is [C-]#[N+]c1ccc(C(=O)c2cnc3n2CCN(c2cn[nH]c(=O)c2Cl)C3)c(C(F)(F)F)c1. The largest absolute Gasteiger partial charge is 0.415 e. The molecule has 0 unspecified atom stereocenters. The van der Waals surface area contributed by atoms with Crippen LogP contribution in [0.4, 0.5) is 24.5 Å². The molecule has 0 spiro atoms. The van der Waals surface area contributed by atoms with Crippen molar-refractivity contribution in [1.29, 1.82) is 0 Å². The molecule has 0 fully saturated rings. The van der Waals surface area contributed by atoms with Gasteiger partial charge in [0.2, 0.25) is 5.78 Å². The number of halogens is 4. The molecule has 3 aromatic rings. The number of aromatic amines is 1. The van der Waals surface area contributed by atoms with Crippen LogP contribution >= 0.6 is 11.6 Å². The number of hydrogen-bond donors (Lipinski definition) is 1. The Labute approximate surface area is 177 Å². The number of ketones is 1. The summed E-state index contributed by atoms with van der Waals surface area (Å²) in [6.45, 7) is 7.67. The molecule has 1 N–H and O–H groups in total. The highest BCUT2D eigenvalue weighted by molar-refractivity contribution is 6.33. The molecule has 1 aromatic carbocycles. The number of alkyl halides is 3. The number of fused-ring (bicyclic) bond motifs is 1. The zero-order valence-corrected chi connectivity index (χ0v) is 16.3. The fraction of sp³-hybridized carbons (Fsp3) is 0.211. The summed E-state index contributed by atoms with van der Waals surface area (Å²) >= 11 is 6.04. The predicted molar refractivity (Wildman–Crippen MR) is 104 cm³/mol. The monoisotopic (exact) mass is 448 g/mol. The molecule has 2 aromatic heterocycles. The normalized spacial score (nSPS) is 13.6. The van der Waals surface area contributed by atoms with Gasteiger partial charge in [-0.2, -0.15) is 18.3 Å². The fourth-order valence-electron chi connectivity index (χ4n) is 3.41. The van der Waals surface area contributed by atoms with E-state index in [1.54, 1.807) is 4.90 Å². The van der Waals surface area contributed by atoms with Crippen LogP contribution in [0.25, 0.3) is 4.85 Å². The van der Waals surface area contributed by atoms with E-state index >= 15 is 0 Å². The van der Waals surface area contributed by atoms with Crippen LogP contribution in [0.3, 0.4) is 0 Å². The molecular weight excluding hydrogens is 437 g/mol. The first-order valence-electron chi connectivity index (χ1n) is 8.86. The van der Waals surface area contributed by atoms with Crippen molar-refractivity contribution in [2.45, 2.75) is 19.3 Å². The first-order chi connectivity index (χ1) is 14.7. The maximum absolute atomic E-state index is 13.5. The van der Waals surface area contributed by atoms with E-state index in [1.165, 1.54) is 23.0 Å². The third-order valence-corrected chi connectivity index (χ3v) is 5.26. The van der Waals surface area contributed by atoms with Gasteiger partial charge in [-0.15, -0.1) is 0 Å². The zero-order chi connectivity index (χ0) is 22.3. The Morgan fingerprint density at radius 3 is 2.74 bits per heavy atom. The van der Waals surface area contributed by atoms with E-state index in [9.17, 15) is 22.8 Å². The van der Waals surface area contributed by atoms with Crippen LogP contribution in [0.5, 0.6) is 0 Å². The number of rotatable bonds is 3. The Bertz CT molecular complexity index is 1290. The lowest BCUT2D eigenvalue weighted by atomic mass is 10.0. The second kappa shape index (κ2) is 7.55. The number of aromatic nitrogens is 4. The minimum atomic E-state index is -4.79. The summed E-state index contributed by atoms with van der Waals surface area (Å²) in [4.78, 5) is 33.6. The standard InChI is InChI=1S/C19H12ClF3N6O2/c1-24-10-2-3-11(12(6-10)19(21,22)23)17(30)14-7-25-15-9-28(4-5-29(14)15)13-8-26-27-18(31)16(13)20/h2-3,6-8H,4-5,9H2,(H,27,31). The summed E-state index contributed by atoms with van der Waals surface area (Å²) in [5.74, 6) is -0.413. The molecule has 0 bridgehead atoms. The van der Waals surface area contributed by atoms with Crippen molar-refractivity contribution in [2.75, 3.05) is 11.4 Å². The van der Waals surface area contributed by atoms with Crippen LogP contribution in [0, 0.1) is 6.57 Å². The van der Waals surface area contributed by atoms with E-state index in [1.807, 2.05) is 0 Å². The minimum absolute atomic E-state index is 0.00541. The van der Waals surface area contributed by atoms with Gasteiger partial charge in [0.15, 0.2) is 5.69 Å². The average molecular weight is 449 g/mol. The molecule has 158 valence electrons. The Morgan fingerprint density at radius 2 is 2.03 bits per heavy atom. The van der Waals surface area contributed by atoms with Crippen molar-refractivity contribution in [3.05, 3.63) is 80.0 Å². The molecule has 0 atom stereocenters. The van der Waals surface area contributed by atoms with E-state index in [-0.39, 0.29) is 29.5 Å². The number of hydrogen-bond acceptors (Lipinski definition) is 5. The second-order valence-corrected chi connectivity index (χ2v) is 7.08. The molecule has 4 rings (SSSR count). The smallest absolute Gasteiger partial charge is 0.360 e. The van der Waals surface area contributed by atoms with Gasteiger partial charge in [0.1, 0.15) is 16.5 Å². The van der Waals surface area contributed by atoms with Crippen molar-refractivity contribution >= 4 is 28.8 Å². The van der Waals surface area contributed by atoms with Gasteiger partial charge in [-0.3, -0.25) is 9.59 Å². The summed E-state index contributed by atoms with van der Waals surface area (Å²) in [6, 6.07) is 2.85. The van der Waals surface area contributed by atoms with Crippen LogP contribution in [0.15, 0.2) is 35.4 Å². The van der Waals surface area contributed by atoms with Crippen LogP contribution in [-0.4, -0.2) is 32.1 Å². The highest BCUT2D eigenvalue weighted by Gasteiger charge is 2.36. The number of carbonyl (C=O) groups is 1. The topological polar surface area (TPSA) is 88.2 Å². The lowest BCUT2D eigenvalue weighted by Gasteiger charge is -2.30. The molecule has 0 saturated heterocycles. The number of carbonyl (C=O) groups excluding carboxylic acids is 1. The van der Waals surface area contributed by atoms with Crippen molar-refractivity contribution in [1.82, 2.24) is 19.7 Å². The molecule has 31 heavy (non-hydrogen) atoms. The highest BCUT2D eigenvalue weighted by Crippen LogP contribution is 2.36. The quantitative estimate of drug-likeness (QED) is 0.490. The van der Waals surface area contributed by atoms with E-state index in [4.69, 9.17) is 18.2 Å². The third-order valence-electron chi connectivity index (χ3n) is 4.90. The Balaban J connectivity index is 1.69. The molecule has 12 heteroatoms. The molecule has 0 radical (unpaired) electrons. The third kappa shape index (κ3) is 3.66. The maximum atomic E-state index is 13.5. The lowest BCUT2D eigenvalue weighted by molar-refractivity contribution is -0.137. The number of anilines is 1. The van der Waals surface area contributed by atoms with Gasteiger partial charge in [0.25, 0.3) is 5.56 Å². The first-order valence-corrected chi connectivity index (χ1v) is 9.24. The maximum Gasteiger partial charge on any atom is 0.415 e. The van der Waals surface area contributed by atoms with Gasteiger partial charge in [0.05, 0.1) is 36.8 Å². The molecule has 8 nitrogen and oxygen atoms in total. The number of nitrogens with one attached hydrogen (secondary N) is 1. The van der Waals surface area contributed by atoms with Crippen LogP contribution < -0.4 is 10.5 Å². The lowest BCUT2D eigenvalue weighted by Crippen LogP contribution is -2.36. The van der Waals surface area contributed by atoms with Gasteiger partial charge in [-0.05, 0) is 6.07 Å². The summed E-state index contributed by atoms with van der Waals surface area (Å²) in [7, 11) is 0. The molecule has 3 heterocycles. The van der Waals surface area contributed by atoms with E-state index < -0.39 is 28.6 Å². The molecule has 1 aliphatic heterocycles. The number of nitrogens with zero attached hydrogens (tertiary/aromatic N) is 5. The summed E-state index contributed by atoms with van der Waals surface area (Å²) in [5, 5.41) is 5.90. The molecule has 0 aliphatic carbocycles. The molecular formula is C19H12ClF3N6O2. The number of benzene rings is 1. The van der Waals surface area contributed by atoms with Crippen molar-refractivity contribution in [3.63, 3.8) is 0 Å². The Morgan fingerprint density at radius 1 is 1.26 bits per heavy atom. The molecule has 1 aliphatic rings. The first kappa shape index (κ1) is 20.6. The Hall–Kier alpha value is -3.65.